The van der Waals surface area contributed by atoms with Crippen molar-refractivity contribution in [1.29, 1.82) is 0 Å². The van der Waals surface area contributed by atoms with E-state index in [-0.39, 0.29) is 0 Å². The first kappa shape index (κ1) is 31.9. The summed E-state index contributed by atoms with van der Waals surface area (Å²) in [5.74, 6) is 6.18. The summed E-state index contributed by atoms with van der Waals surface area (Å²) < 4.78 is 0. The van der Waals surface area contributed by atoms with Crippen molar-refractivity contribution in [2.24, 2.45) is 5.84 Å². The van der Waals surface area contributed by atoms with E-state index in [1.165, 1.54) is 167 Å². The fourth-order valence-electron chi connectivity index (χ4n) is 4.78. The van der Waals surface area contributed by atoms with Crippen molar-refractivity contribution in [2.75, 3.05) is 13.1 Å². The summed E-state index contributed by atoms with van der Waals surface area (Å²) in [6, 6.07) is 0. The van der Waals surface area contributed by atoms with Gasteiger partial charge in [-0.05, 0) is 12.8 Å². The van der Waals surface area contributed by atoms with Gasteiger partial charge in [-0.15, -0.1) is 0 Å². The number of hydrogen-bond acceptors (Lipinski definition) is 2. The molecule has 0 aromatic rings. The van der Waals surface area contributed by atoms with Crippen LogP contribution < -0.4 is 5.84 Å². The summed E-state index contributed by atoms with van der Waals surface area (Å²) in [5, 5.41) is 2.08. The maximum Gasteiger partial charge on any atom is 0.0128 e. The number of hydrogen-bond donors (Lipinski definition) is 1. The molecule has 0 rings (SSSR count). The molecule has 0 aromatic carbocycles. The maximum atomic E-state index is 6.18. The molecule has 194 valence electrons. The van der Waals surface area contributed by atoms with Crippen molar-refractivity contribution in [3.63, 3.8) is 0 Å². The molecule has 32 heavy (non-hydrogen) atoms. The van der Waals surface area contributed by atoms with Gasteiger partial charge in [-0.25, -0.2) is 5.01 Å². The Bertz CT molecular complexity index is 318. The minimum Gasteiger partial charge on any atom is -0.269 e. The number of rotatable bonds is 28. The van der Waals surface area contributed by atoms with Crippen molar-refractivity contribution in [3.8, 4) is 0 Å². The van der Waals surface area contributed by atoms with Gasteiger partial charge in [-0.2, -0.15) is 0 Å². The lowest BCUT2D eigenvalue weighted by Gasteiger charge is -2.16. The molecule has 2 heteroatoms. The Morgan fingerprint density at radius 1 is 0.312 bits per heavy atom. The van der Waals surface area contributed by atoms with Gasteiger partial charge in [0.1, 0.15) is 0 Å². The topological polar surface area (TPSA) is 29.3 Å². The minimum absolute atomic E-state index is 1.09. The van der Waals surface area contributed by atoms with Gasteiger partial charge in [0, 0.05) is 13.1 Å². The van der Waals surface area contributed by atoms with E-state index in [2.05, 4.69) is 18.9 Å². The summed E-state index contributed by atoms with van der Waals surface area (Å²) in [7, 11) is 0. The van der Waals surface area contributed by atoms with Crippen molar-refractivity contribution in [2.45, 2.75) is 181 Å². The van der Waals surface area contributed by atoms with Gasteiger partial charge in [0.2, 0.25) is 0 Å². The molecule has 0 unspecified atom stereocenters. The highest BCUT2D eigenvalue weighted by Crippen LogP contribution is 2.14. The van der Waals surface area contributed by atoms with Crippen molar-refractivity contribution in [3.05, 3.63) is 0 Å². The minimum atomic E-state index is 1.09. The summed E-state index contributed by atoms with van der Waals surface area (Å²) in [6.07, 6.45) is 37.0. The van der Waals surface area contributed by atoms with Crippen LogP contribution in [0.2, 0.25) is 0 Å². The highest BCUT2D eigenvalue weighted by Gasteiger charge is 2.00. The zero-order chi connectivity index (χ0) is 23.4. The molecule has 0 saturated carbocycles. The molecule has 0 bridgehead atoms. The third kappa shape index (κ3) is 28.0. The van der Waals surface area contributed by atoms with Crippen molar-refractivity contribution < 1.29 is 0 Å². The molecule has 2 N–H and O–H groups in total. The smallest absolute Gasteiger partial charge is 0.0128 e. The summed E-state index contributed by atoms with van der Waals surface area (Å²) in [6.45, 7) is 6.78. The van der Waals surface area contributed by atoms with Crippen LogP contribution in [-0.2, 0) is 0 Å². The van der Waals surface area contributed by atoms with Crippen LogP contribution in [-0.4, -0.2) is 18.1 Å². The molecule has 0 radical (unpaired) electrons. The monoisotopic (exact) mass is 453 g/mol. The molecule has 0 aliphatic carbocycles. The second kappa shape index (κ2) is 29.0. The highest BCUT2D eigenvalue weighted by molar-refractivity contribution is 4.54. The first-order valence-electron chi connectivity index (χ1n) is 15.3. The van der Waals surface area contributed by atoms with Gasteiger partial charge < -0.3 is 0 Å². The molecule has 0 aromatic heterocycles. The first-order chi connectivity index (χ1) is 15.8. The van der Waals surface area contributed by atoms with Gasteiger partial charge in [0.25, 0.3) is 0 Å². The molecule has 0 aliphatic rings. The average Bonchev–Trinajstić information content (AvgIpc) is 2.80. The number of hydrazine groups is 1. The van der Waals surface area contributed by atoms with Gasteiger partial charge in [0.15, 0.2) is 0 Å². The van der Waals surface area contributed by atoms with Crippen LogP contribution in [0.1, 0.15) is 181 Å². The average molecular weight is 453 g/mol. The van der Waals surface area contributed by atoms with Crippen LogP contribution >= 0.6 is 0 Å². The molecule has 2 nitrogen and oxygen atoms in total. The fraction of sp³-hybridized carbons (Fsp3) is 1.00. The largest absolute Gasteiger partial charge is 0.269 e. The second-order valence-electron chi connectivity index (χ2n) is 10.5. The lowest BCUT2D eigenvalue weighted by atomic mass is 10.0. The number of nitrogens with zero attached hydrogens (tertiary/aromatic N) is 1. The molecule has 0 spiro atoms. The van der Waals surface area contributed by atoms with E-state index >= 15 is 0 Å². The standard InChI is InChI=1S/C30H64N2/c1-3-5-7-9-11-13-15-16-17-18-19-20-22-24-26-28-30-32(31)29-27-25-23-21-14-12-10-8-6-4-2/h3-31H2,1-2H3. The normalized spacial score (nSPS) is 11.6. The van der Waals surface area contributed by atoms with Crippen molar-refractivity contribution >= 4 is 0 Å². The Morgan fingerprint density at radius 3 is 0.719 bits per heavy atom. The van der Waals surface area contributed by atoms with Crippen LogP contribution in [0, 0.1) is 0 Å². The molecular formula is C30H64N2. The van der Waals surface area contributed by atoms with Crippen LogP contribution in [0.5, 0.6) is 0 Å². The van der Waals surface area contributed by atoms with E-state index in [0.29, 0.717) is 0 Å². The predicted molar refractivity (Wildman–Crippen MR) is 147 cm³/mol. The zero-order valence-electron chi connectivity index (χ0n) is 22.8. The molecule has 0 heterocycles. The van der Waals surface area contributed by atoms with Crippen LogP contribution in [0.15, 0.2) is 0 Å². The molecule has 0 atom stereocenters. The first-order valence-corrected chi connectivity index (χ1v) is 15.3. The lowest BCUT2D eigenvalue weighted by Crippen LogP contribution is -2.32. The van der Waals surface area contributed by atoms with Gasteiger partial charge in [-0.1, -0.05) is 168 Å². The summed E-state index contributed by atoms with van der Waals surface area (Å²) in [4.78, 5) is 0. The Labute approximate surface area is 204 Å². The second-order valence-corrected chi connectivity index (χ2v) is 10.5. The molecular weight excluding hydrogens is 388 g/mol. The van der Waals surface area contributed by atoms with Crippen LogP contribution in [0.3, 0.4) is 0 Å². The van der Waals surface area contributed by atoms with Gasteiger partial charge in [0.05, 0.1) is 0 Å². The van der Waals surface area contributed by atoms with E-state index < -0.39 is 0 Å². The summed E-state index contributed by atoms with van der Waals surface area (Å²) in [5.41, 5.74) is 0. The molecule has 0 amide bonds. The van der Waals surface area contributed by atoms with Crippen LogP contribution in [0.4, 0.5) is 0 Å². The summed E-state index contributed by atoms with van der Waals surface area (Å²) >= 11 is 0. The molecule has 0 saturated heterocycles. The number of unbranched alkanes of at least 4 members (excludes halogenated alkanes) is 24. The maximum absolute atomic E-state index is 6.18. The van der Waals surface area contributed by atoms with E-state index in [1.54, 1.807) is 0 Å². The predicted octanol–water partition coefficient (Wildman–Crippen LogP) is 10.3. The van der Waals surface area contributed by atoms with E-state index in [1.807, 2.05) is 0 Å². The Morgan fingerprint density at radius 2 is 0.500 bits per heavy atom. The SMILES string of the molecule is CCCCCCCCCCCCCCCCCCN(N)CCCCCCCCCCCC. The lowest BCUT2D eigenvalue weighted by molar-refractivity contribution is 0.268. The Kier molecular flexibility index (Phi) is 28.9. The quantitative estimate of drug-likeness (QED) is 0.0726. The molecule has 0 aliphatic heterocycles. The third-order valence-electron chi connectivity index (χ3n) is 7.10. The van der Waals surface area contributed by atoms with Gasteiger partial charge >= 0.3 is 0 Å². The van der Waals surface area contributed by atoms with Crippen molar-refractivity contribution in [1.82, 2.24) is 5.01 Å². The van der Waals surface area contributed by atoms with E-state index in [0.717, 1.165) is 13.1 Å². The molecule has 0 fully saturated rings. The van der Waals surface area contributed by atoms with Gasteiger partial charge in [-0.3, -0.25) is 5.84 Å². The van der Waals surface area contributed by atoms with E-state index in [9.17, 15) is 0 Å². The Balaban J connectivity index is 3.12. The fourth-order valence-corrected chi connectivity index (χ4v) is 4.78. The Hall–Kier alpha value is -0.0800. The van der Waals surface area contributed by atoms with E-state index in [4.69, 9.17) is 5.84 Å². The zero-order valence-corrected chi connectivity index (χ0v) is 22.8. The highest BCUT2D eigenvalue weighted by atomic mass is 15.4. The third-order valence-corrected chi connectivity index (χ3v) is 7.10. The number of nitrogens with two attached hydrogens (primary N) is 1. The van der Waals surface area contributed by atoms with Crippen LogP contribution in [0.25, 0.3) is 0 Å².